The van der Waals surface area contributed by atoms with Gasteiger partial charge in [-0.3, -0.25) is 0 Å². The molecule has 2 aromatic rings. The lowest BCUT2D eigenvalue weighted by atomic mass is 9.95. The van der Waals surface area contributed by atoms with Gasteiger partial charge >= 0.3 is 0 Å². The monoisotopic (exact) mass is 266 g/mol. The van der Waals surface area contributed by atoms with Gasteiger partial charge in [-0.25, -0.2) is 13.2 Å². The number of rotatable bonds is 2. The second kappa shape index (κ2) is 5.05. The summed E-state index contributed by atoms with van der Waals surface area (Å²) in [4.78, 5) is 0. The van der Waals surface area contributed by atoms with Crippen molar-refractivity contribution in [3.8, 4) is 0 Å². The van der Waals surface area contributed by atoms with Crippen LogP contribution in [0.2, 0.25) is 0 Å². The van der Waals surface area contributed by atoms with Gasteiger partial charge in [0.15, 0.2) is 0 Å². The fraction of sp³-hybridized carbons (Fsp3) is 0.200. The SMILES string of the molecule is Cc1cc(C)c(C(O)c2ccc(F)cc2F)c(F)c1. The van der Waals surface area contributed by atoms with E-state index in [1.165, 1.54) is 6.07 Å². The van der Waals surface area contributed by atoms with E-state index < -0.39 is 23.6 Å². The smallest absolute Gasteiger partial charge is 0.132 e. The van der Waals surface area contributed by atoms with E-state index >= 15 is 0 Å². The van der Waals surface area contributed by atoms with Gasteiger partial charge in [0.1, 0.15) is 23.6 Å². The van der Waals surface area contributed by atoms with Gasteiger partial charge in [0.2, 0.25) is 0 Å². The fourth-order valence-electron chi connectivity index (χ4n) is 2.15. The highest BCUT2D eigenvalue weighted by Gasteiger charge is 2.21. The summed E-state index contributed by atoms with van der Waals surface area (Å²) in [5.74, 6) is -2.24. The van der Waals surface area contributed by atoms with E-state index in [9.17, 15) is 18.3 Å². The number of hydrogen-bond donors (Lipinski definition) is 1. The first-order chi connectivity index (χ1) is 8.90. The molecule has 100 valence electrons. The van der Waals surface area contributed by atoms with Crippen LogP contribution in [-0.2, 0) is 0 Å². The van der Waals surface area contributed by atoms with E-state index in [2.05, 4.69) is 0 Å². The van der Waals surface area contributed by atoms with Crippen LogP contribution in [0.15, 0.2) is 30.3 Å². The Hall–Kier alpha value is -1.81. The predicted octanol–water partition coefficient (Wildman–Crippen LogP) is 3.80. The largest absolute Gasteiger partial charge is 0.383 e. The van der Waals surface area contributed by atoms with Crippen molar-refractivity contribution < 1.29 is 18.3 Å². The van der Waals surface area contributed by atoms with Gasteiger partial charge in [-0.05, 0) is 37.1 Å². The van der Waals surface area contributed by atoms with Crippen LogP contribution in [0.1, 0.15) is 28.4 Å². The summed E-state index contributed by atoms with van der Waals surface area (Å²) in [6.45, 7) is 3.36. The molecule has 0 aliphatic carbocycles. The molecule has 0 aliphatic heterocycles. The summed E-state index contributed by atoms with van der Waals surface area (Å²) in [5.41, 5.74) is 1.10. The van der Waals surface area contributed by atoms with Crippen LogP contribution in [0, 0.1) is 31.3 Å². The Balaban J connectivity index is 2.53. The van der Waals surface area contributed by atoms with Crippen LogP contribution in [0.25, 0.3) is 0 Å². The second-order valence-corrected chi connectivity index (χ2v) is 4.55. The molecule has 0 saturated carbocycles. The minimum absolute atomic E-state index is 0.0103. The molecule has 19 heavy (non-hydrogen) atoms. The van der Waals surface area contributed by atoms with Gasteiger partial charge in [0.05, 0.1) is 0 Å². The average molecular weight is 266 g/mol. The Kier molecular flexibility index (Phi) is 3.62. The first-order valence-corrected chi connectivity index (χ1v) is 5.80. The summed E-state index contributed by atoms with van der Waals surface area (Å²) in [7, 11) is 0. The first kappa shape index (κ1) is 13.6. The lowest BCUT2D eigenvalue weighted by molar-refractivity contribution is 0.208. The Bertz CT molecular complexity index is 600. The minimum atomic E-state index is -1.46. The zero-order chi connectivity index (χ0) is 14.2. The molecule has 0 spiro atoms. The molecule has 1 unspecified atom stereocenters. The van der Waals surface area contributed by atoms with Crippen molar-refractivity contribution in [2.45, 2.75) is 20.0 Å². The van der Waals surface area contributed by atoms with Gasteiger partial charge in [-0.15, -0.1) is 0 Å². The van der Waals surface area contributed by atoms with E-state index in [-0.39, 0.29) is 11.1 Å². The second-order valence-electron chi connectivity index (χ2n) is 4.55. The standard InChI is InChI=1S/C15H13F3O/c1-8-5-9(2)14(13(18)6-8)15(19)11-4-3-10(16)7-12(11)17/h3-7,15,19H,1-2H3. The van der Waals surface area contributed by atoms with Crippen molar-refractivity contribution in [3.63, 3.8) is 0 Å². The van der Waals surface area contributed by atoms with E-state index in [0.29, 0.717) is 17.2 Å². The third-order valence-corrected chi connectivity index (χ3v) is 3.01. The van der Waals surface area contributed by atoms with Crippen LogP contribution in [-0.4, -0.2) is 5.11 Å². The molecule has 0 aliphatic rings. The predicted molar refractivity (Wildman–Crippen MR) is 66.3 cm³/mol. The van der Waals surface area contributed by atoms with Crippen molar-refractivity contribution in [3.05, 3.63) is 70.0 Å². The molecule has 4 heteroatoms. The molecule has 0 saturated heterocycles. The van der Waals surface area contributed by atoms with Crippen molar-refractivity contribution >= 4 is 0 Å². The average Bonchev–Trinajstić information content (AvgIpc) is 2.26. The van der Waals surface area contributed by atoms with Crippen molar-refractivity contribution in [1.29, 1.82) is 0 Å². The van der Waals surface area contributed by atoms with Crippen molar-refractivity contribution in [2.24, 2.45) is 0 Å². The van der Waals surface area contributed by atoms with Gasteiger partial charge in [0, 0.05) is 17.2 Å². The molecule has 0 amide bonds. The van der Waals surface area contributed by atoms with Crippen molar-refractivity contribution in [1.82, 2.24) is 0 Å². The topological polar surface area (TPSA) is 20.2 Å². The molecule has 0 heterocycles. The summed E-state index contributed by atoms with van der Waals surface area (Å²) < 4.78 is 40.3. The zero-order valence-electron chi connectivity index (χ0n) is 10.5. The maximum absolute atomic E-state index is 13.9. The summed E-state index contributed by atoms with van der Waals surface area (Å²) in [6.07, 6.45) is -1.46. The molecule has 0 aromatic heterocycles. The molecule has 1 atom stereocenters. The molecule has 0 bridgehead atoms. The van der Waals surface area contributed by atoms with Crippen molar-refractivity contribution in [2.75, 3.05) is 0 Å². The highest BCUT2D eigenvalue weighted by atomic mass is 19.1. The molecule has 2 rings (SSSR count). The summed E-state index contributed by atoms with van der Waals surface area (Å²) >= 11 is 0. The maximum Gasteiger partial charge on any atom is 0.132 e. The van der Waals surface area contributed by atoms with Crippen LogP contribution < -0.4 is 0 Å². The highest BCUT2D eigenvalue weighted by Crippen LogP contribution is 2.29. The van der Waals surface area contributed by atoms with E-state index in [1.54, 1.807) is 19.9 Å². The maximum atomic E-state index is 13.9. The van der Waals surface area contributed by atoms with Crippen LogP contribution >= 0.6 is 0 Å². The van der Waals surface area contributed by atoms with Crippen LogP contribution in [0.5, 0.6) is 0 Å². The number of aryl methyl sites for hydroxylation is 2. The van der Waals surface area contributed by atoms with E-state index in [4.69, 9.17) is 0 Å². The first-order valence-electron chi connectivity index (χ1n) is 5.80. The zero-order valence-corrected chi connectivity index (χ0v) is 10.5. The summed E-state index contributed by atoms with van der Waals surface area (Å²) in [6, 6.07) is 5.78. The van der Waals surface area contributed by atoms with E-state index in [0.717, 1.165) is 12.1 Å². The molecule has 0 fully saturated rings. The van der Waals surface area contributed by atoms with Gasteiger partial charge in [0.25, 0.3) is 0 Å². The number of aliphatic hydroxyl groups excluding tert-OH is 1. The van der Waals surface area contributed by atoms with E-state index in [1.807, 2.05) is 0 Å². The normalized spacial score (nSPS) is 12.5. The lowest BCUT2D eigenvalue weighted by Crippen LogP contribution is -2.08. The quantitative estimate of drug-likeness (QED) is 0.876. The molecule has 1 N–H and O–H groups in total. The Morgan fingerprint density at radius 1 is 0.947 bits per heavy atom. The number of aliphatic hydroxyl groups is 1. The molecular formula is C15H13F3O. The number of halogens is 3. The third kappa shape index (κ3) is 2.63. The van der Waals surface area contributed by atoms with Crippen LogP contribution in [0.4, 0.5) is 13.2 Å². The number of benzene rings is 2. The fourth-order valence-corrected chi connectivity index (χ4v) is 2.15. The molecular weight excluding hydrogens is 253 g/mol. The Labute approximate surface area is 109 Å². The van der Waals surface area contributed by atoms with Crippen LogP contribution in [0.3, 0.4) is 0 Å². The Morgan fingerprint density at radius 3 is 2.21 bits per heavy atom. The number of hydrogen-bond acceptors (Lipinski definition) is 1. The Morgan fingerprint density at radius 2 is 1.63 bits per heavy atom. The molecule has 1 nitrogen and oxygen atoms in total. The van der Waals surface area contributed by atoms with Gasteiger partial charge in [-0.1, -0.05) is 12.1 Å². The summed E-state index contributed by atoms with van der Waals surface area (Å²) in [5, 5.41) is 10.1. The lowest BCUT2D eigenvalue weighted by Gasteiger charge is -2.16. The highest BCUT2D eigenvalue weighted by molar-refractivity contribution is 5.39. The molecule has 2 aromatic carbocycles. The van der Waals surface area contributed by atoms with Gasteiger partial charge < -0.3 is 5.11 Å². The third-order valence-electron chi connectivity index (χ3n) is 3.01. The molecule has 0 radical (unpaired) electrons. The minimum Gasteiger partial charge on any atom is -0.383 e. The van der Waals surface area contributed by atoms with Gasteiger partial charge in [-0.2, -0.15) is 0 Å².